The van der Waals surface area contributed by atoms with Crippen LogP contribution in [-0.2, 0) is 0 Å². The first kappa shape index (κ1) is 14.2. The number of nitrogens with zero attached hydrogens (tertiary/aromatic N) is 2. The van der Waals surface area contributed by atoms with Crippen LogP contribution in [0.3, 0.4) is 0 Å². The zero-order valence-corrected chi connectivity index (χ0v) is 12.5. The van der Waals surface area contributed by atoms with E-state index in [9.17, 15) is 15.2 Å². The fraction of sp³-hybridized carbons (Fsp3) is 0.0625. The molecule has 0 aliphatic heterocycles. The Hall–Kier alpha value is -2.73. The van der Waals surface area contributed by atoms with Crippen molar-refractivity contribution in [3.8, 4) is 27.6 Å². The number of hydrogen-bond donors (Lipinski definition) is 1. The molecule has 3 rings (SSSR count). The second-order valence-corrected chi connectivity index (χ2v) is 5.70. The molecule has 0 bridgehead atoms. The van der Waals surface area contributed by atoms with Crippen molar-refractivity contribution in [1.29, 1.82) is 0 Å². The van der Waals surface area contributed by atoms with E-state index in [0.717, 1.165) is 10.6 Å². The van der Waals surface area contributed by atoms with Gasteiger partial charge in [-0.15, -0.1) is 11.3 Å². The molecule has 0 atom stereocenters. The van der Waals surface area contributed by atoms with Gasteiger partial charge in [0.15, 0.2) is 0 Å². The molecular formula is C16H12N2O3S. The number of phenolic OH excluding ortho intramolecular Hbond substituents is 1. The van der Waals surface area contributed by atoms with Crippen LogP contribution in [0.25, 0.3) is 21.8 Å². The van der Waals surface area contributed by atoms with Crippen molar-refractivity contribution in [2.45, 2.75) is 6.92 Å². The van der Waals surface area contributed by atoms with Gasteiger partial charge in [-0.3, -0.25) is 10.1 Å². The molecule has 22 heavy (non-hydrogen) atoms. The van der Waals surface area contributed by atoms with Crippen molar-refractivity contribution in [3.05, 3.63) is 63.5 Å². The Morgan fingerprint density at radius 1 is 1.18 bits per heavy atom. The van der Waals surface area contributed by atoms with Gasteiger partial charge in [0.1, 0.15) is 10.8 Å². The maximum Gasteiger partial charge on any atom is 0.272 e. The lowest BCUT2D eigenvalue weighted by atomic mass is 10.1. The topological polar surface area (TPSA) is 76.3 Å². The van der Waals surface area contributed by atoms with Crippen molar-refractivity contribution in [1.82, 2.24) is 4.98 Å². The molecule has 0 fully saturated rings. The molecule has 3 aromatic rings. The number of hydrogen-bond acceptors (Lipinski definition) is 5. The predicted octanol–water partition coefficient (Wildman–Crippen LogP) is 4.40. The lowest BCUT2D eigenvalue weighted by Crippen LogP contribution is -1.92. The molecule has 0 aliphatic carbocycles. The van der Waals surface area contributed by atoms with E-state index < -0.39 is 0 Å². The first-order valence-electron chi connectivity index (χ1n) is 6.55. The maximum absolute atomic E-state index is 11.0. The van der Waals surface area contributed by atoms with E-state index in [1.165, 1.54) is 17.4 Å². The third-order valence-corrected chi connectivity index (χ3v) is 4.19. The lowest BCUT2D eigenvalue weighted by molar-refractivity contribution is -0.385. The van der Waals surface area contributed by atoms with Crippen molar-refractivity contribution in [2.75, 3.05) is 0 Å². The number of aromatic hydroxyl groups is 1. The van der Waals surface area contributed by atoms with Crippen LogP contribution >= 0.6 is 11.3 Å². The van der Waals surface area contributed by atoms with Gasteiger partial charge in [-0.05, 0) is 19.1 Å². The SMILES string of the molecule is Cc1ccc(-c2csc(-c3cccc(O)c3)n2)cc1[N+](=O)[O-]. The minimum atomic E-state index is -0.388. The van der Waals surface area contributed by atoms with Crippen LogP contribution in [-0.4, -0.2) is 15.0 Å². The molecule has 0 saturated heterocycles. The molecule has 1 aromatic heterocycles. The monoisotopic (exact) mass is 312 g/mol. The summed E-state index contributed by atoms with van der Waals surface area (Å²) in [4.78, 5) is 15.1. The van der Waals surface area contributed by atoms with Gasteiger partial charge in [0.2, 0.25) is 0 Å². The van der Waals surface area contributed by atoms with E-state index in [-0.39, 0.29) is 16.4 Å². The van der Waals surface area contributed by atoms with Crippen molar-refractivity contribution in [2.24, 2.45) is 0 Å². The number of benzene rings is 2. The maximum atomic E-state index is 11.0. The van der Waals surface area contributed by atoms with Gasteiger partial charge in [0.05, 0.1) is 10.6 Å². The number of aromatic nitrogens is 1. The molecule has 0 amide bonds. The average Bonchev–Trinajstić information content (AvgIpc) is 2.97. The van der Waals surface area contributed by atoms with Crippen LogP contribution in [0.15, 0.2) is 47.8 Å². The van der Waals surface area contributed by atoms with Gasteiger partial charge >= 0.3 is 0 Å². The van der Waals surface area contributed by atoms with Gasteiger partial charge in [-0.25, -0.2) is 4.98 Å². The molecule has 2 aromatic carbocycles. The Balaban J connectivity index is 2.01. The number of thiazole rings is 1. The zero-order valence-electron chi connectivity index (χ0n) is 11.7. The highest BCUT2D eigenvalue weighted by Crippen LogP contribution is 2.32. The molecule has 0 unspecified atom stereocenters. The van der Waals surface area contributed by atoms with Gasteiger partial charge in [0, 0.05) is 28.1 Å². The van der Waals surface area contributed by atoms with Gasteiger partial charge < -0.3 is 5.11 Å². The van der Waals surface area contributed by atoms with E-state index in [0.29, 0.717) is 16.8 Å². The second kappa shape index (κ2) is 5.57. The van der Waals surface area contributed by atoms with Crippen LogP contribution in [0.4, 0.5) is 5.69 Å². The van der Waals surface area contributed by atoms with E-state index in [1.807, 2.05) is 17.5 Å². The normalized spacial score (nSPS) is 10.6. The third-order valence-electron chi connectivity index (χ3n) is 3.30. The number of aryl methyl sites for hydroxylation is 1. The van der Waals surface area contributed by atoms with E-state index >= 15 is 0 Å². The van der Waals surface area contributed by atoms with Gasteiger partial charge in [-0.2, -0.15) is 0 Å². The van der Waals surface area contributed by atoms with Crippen molar-refractivity contribution >= 4 is 17.0 Å². The molecule has 5 nitrogen and oxygen atoms in total. The third kappa shape index (κ3) is 2.68. The Kier molecular flexibility index (Phi) is 3.60. The molecule has 1 N–H and O–H groups in total. The van der Waals surface area contributed by atoms with Crippen LogP contribution in [0.2, 0.25) is 0 Å². The number of nitro benzene ring substituents is 1. The Morgan fingerprint density at radius 3 is 2.73 bits per heavy atom. The minimum absolute atomic E-state index is 0.0874. The molecule has 0 aliphatic rings. The smallest absolute Gasteiger partial charge is 0.272 e. The fourth-order valence-corrected chi connectivity index (χ4v) is 2.97. The molecule has 6 heteroatoms. The quantitative estimate of drug-likeness (QED) is 0.574. The Morgan fingerprint density at radius 2 is 2.00 bits per heavy atom. The zero-order chi connectivity index (χ0) is 15.7. The van der Waals surface area contributed by atoms with E-state index in [1.54, 1.807) is 31.2 Å². The average molecular weight is 312 g/mol. The number of phenols is 1. The Labute approximate surface area is 130 Å². The van der Waals surface area contributed by atoms with Crippen LogP contribution in [0.1, 0.15) is 5.56 Å². The Bertz CT molecular complexity index is 858. The molecule has 0 spiro atoms. The fourth-order valence-electron chi connectivity index (χ4n) is 2.14. The van der Waals surface area contributed by atoms with Gasteiger partial charge in [-0.1, -0.05) is 24.3 Å². The van der Waals surface area contributed by atoms with Crippen LogP contribution < -0.4 is 0 Å². The highest BCUT2D eigenvalue weighted by molar-refractivity contribution is 7.13. The van der Waals surface area contributed by atoms with Crippen LogP contribution in [0, 0.1) is 17.0 Å². The van der Waals surface area contributed by atoms with Crippen molar-refractivity contribution < 1.29 is 10.0 Å². The standard InChI is InChI=1S/C16H12N2O3S/c1-10-5-6-11(8-15(10)18(20)21)14-9-22-16(17-14)12-3-2-4-13(19)7-12/h2-9,19H,1H3. The predicted molar refractivity (Wildman–Crippen MR) is 86.0 cm³/mol. The minimum Gasteiger partial charge on any atom is -0.508 e. The van der Waals surface area contributed by atoms with E-state index in [2.05, 4.69) is 4.98 Å². The summed E-state index contributed by atoms with van der Waals surface area (Å²) in [7, 11) is 0. The summed E-state index contributed by atoms with van der Waals surface area (Å²) in [6.45, 7) is 1.71. The summed E-state index contributed by atoms with van der Waals surface area (Å²) in [5, 5.41) is 23.2. The highest BCUT2D eigenvalue weighted by atomic mass is 32.1. The summed E-state index contributed by atoms with van der Waals surface area (Å²) in [6.07, 6.45) is 0. The first-order chi connectivity index (χ1) is 10.5. The van der Waals surface area contributed by atoms with Crippen LogP contribution in [0.5, 0.6) is 5.75 Å². The largest absolute Gasteiger partial charge is 0.508 e. The molecule has 1 heterocycles. The summed E-state index contributed by atoms with van der Waals surface area (Å²) in [6, 6.07) is 11.9. The molecule has 0 saturated carbocycles. The summed E-state index contributed by atoms with van der Waals surface area (Å²) in [5.41, 5.74) is 2.92. The summed E-state index contributed by atoms with van der Waals surface area (Å²) >= 11 is 1.43. The van der Waals surface area contributed by atoms with E-state index in [4.69, 9.17) is 0 Å². The second-order valence-electron chi connectivity index (χ2n) is 4.85. The summed E-state index contributed by atoms with van der Waals surface area (Å²) in [5.74, 6) is 0.181. The summed E-state index contributed by atoms with van der Waals surface area (Å²) < 4.78 is 0. The molecule has 0 radical (unpaired) electrons. The highest BCUT2D eigenvalue weighted by Gasteiger charge is 2.14. The van der Waals surface area contributed by atoms with Gasteiger partial charge in [0.25, 0.3) is 5.69 Å². The number of rotatable bonds is 3. The molecular weight excluding hydrogens is 300 g/mol. The lowest BCUT2D eigenvalue weighted by Gasteiger charge is -2.00. The van der Waals surface area contributed by atoms with Crippen molar-refractivity contribution in [3.63, 3.8) is 0 Å². The molecule has 110 valence electrons. The number of nitro groups is 1. The first-order valence-corrected chi connectivity index (χ1v) is 7.43.